The number of hydrogen-bond donors (Lipinski definition) is 0. The van der Waals surface area contributed by atoms with E-state index in [2.05, 4.69) is 0 Å². The molecule has 0 atom stereocenters. The summed E-state index contributed by atoms with van der Waals surface area (Å²) in [6.07, 6.45) is 0. The van der Waals surface area contributed by atoms with Gasteiger partial charge in [0.25, 0.3) is 0 Å². The Morgan fingerprint density at radius 3 is 1.00 bits per heavy atom. The van der Waals surface area contributed by atoms with Crippen molar-refractivity contribution < 1.29 is 39.9 Å². The van der Waals surface area contributed by atoms with Crippen LogP contribution in [0.1, 0.15) is 0 Å². The van der Waals surface area contributed by atoms with Gasteiger partial charge in [-0.1, -0.05) is 0 Å². The fraction of sp³-hybridized carbons (Fsp3) is 0. The summed E-state index contributed by atoms with van der Waals surface area (Å²) in [6, 6.07) is 0. The van der Waals surface area contributed by atoms with Gasteiger partial charge in [-0.3, -0.25) is 0 Å². The van der Waals surface area contributed by atoms with Gasteiger partial charge in [-0.25, -0.2) is 0 Å². The molecule has 0 rings (SSSR count). The van der Waals surface area contributed by atoms with Gasteiger partial charge < -0.3 is 0 Å². The fourth-order valence-corrected chi connectivity index (χ4v) is 0. The molecule has 0 saturated heterocycles. The van der Waals surface area contributed by atoms with Crippen LogP contribution in [0.3, 0.4) is 0 Å². The third kappa shape index (κ3) is 9.03. The Labute approximate surface area is 101 Å². The summed E-state index contributed by atoms with van der Waals surface area (Å²) in [5.74, 6) is 0. The maximum atomic E-state index is 0. The van der Waals surface area contributed by atoms with Crippen molar-refractivity contribution in [2.75, 3.05) is 0 Å². The zero-order valence-electron chi connectivity index (χ0n) is 0.354. The number of hydrogen-bond acceptors (Lipinski definition) is 0. The molecule has 0 aliphatic rings. The van der Waals surface area contributed by atoms with E-state index in [0.717, 1.165) is 0 Å². The van der Waals surface area contributed by atoms with Gasteiger partial charge in [-0.15, -0.1) is 0 Å². The average Bonchev–Trinajstić information content (AvgIpc) is 0. The topological polar surface area (TPSA) is 0 Å². The first-order chi connectivity index (χ1) is 0. The van der Waals surface area contributed by atoms with E-state index in [0.29, 0.717) is 0 Å². The van der Waals surface area contributed by atoms with Gasteiger partial charge >= 0.3 is 63.2 Å². The van der Waals surface area contributed by atoms with Crippen LogP contribution in [0, 0.1) is 39.9 Å². The Bertz CT molecular complexity index is 8.00. The van der Waals surface area contributed by atoms with Crippen LogP contribution < -0.4 is 0 Å². The Hall–Kier alpha value is 3.37. The monoisotopic (exact) mass is 426 g/mol. The molecule has 0 aromatic heterocycles. The summed E-state index contributed by atoms with van der Waals surface area (Å²) in [5, 5.41) is 0. The van der Waals surface area contributed by atoms with Crippen LogP contribution in [0.2, 0.25) is 0 Å². The summed E-state index contributed by atoms with van der Waals surface area (Å²) in [7, 11) is 0. The fourth-order valence-electron chi connectivity index (χ4n) is 0. The molecule has 0 aromatic carbocycles. The molecule has 0 aliphatic carbocycles. The van der Waals surface area contributed by atoms with Crippen LogP contribution in [0.5, 0.6) is 0 Å². The second-order valence-corrected chi connectivity index (χ2v) is 0. The summed E-state index contributed by atoms with van der Waals surface area (Å²) in [4.78, 5) is 0. The van der Waals surface area contributed by atoms with Gasteiger partial charge in [0.2, 0.25) is 0 Å². The van der Waals surface area contributed by atoms with E-state index < -0.39 is 0 Å². The van der Waals surface area contributed by atoms with Crippen LogP contribution in [0.25, 0.3) is 0 Å². The minimum absolute atomic E-state index is 0. The molecule has 4 heteroatoms. The van der Waals surface area contributed by atoms with Crippen LogP contribution in [0.15, 0.2) is 0 Å². The Balaban J connectivity index is 0. The van der Waals surface area contributed by atoms with E-state index in [1.807, 2.05) is 0 Å². The summed E-state index contributed by atoms with van der Waals surface area (Å²) in [5.41, 5.74) is 0. The molecule has 0 bridgehead atoms. The first kappa shape index (κ1) is 26.3. The first-order valence-electron chi connectivity index (χ1n) is 0. The molecule has 0 amide bonds. The van der Waals surface area contributed by atoms with E-state index in [1.54, 1.807) is 0 Å². The van der Waals surface area contributed by atoms with Crippen molar-refractivity contribution in [1.82, 2.24) is 0 Å². The van der Waals surface area contributed by atoms with Crippen LogP contribution >= 0.6 is 0 Å². The van der Waals surface area contributed by atoms with Gasteiger partial charge in [0.05, 0.1) is 0 Å². The first-order valence-corrected chi connectivity index (χ1v) is 0. The minimum atomic E-state index is 0. The van der Waals surface area contributed by atoms with Gasteiger partial charge in [0.1, 0.15) is 0 Å². The normalized spacial score (nSPS) is 0. The Morgan fingerprint density at radius 2 is 1.00 bits per heavy atom. The molecule has 0 heterocycles. The third-order valence-electron chi connectivity index (χ3n) is 0. The second kappa shape index (κ2) is 16.2. The molecule has 0 radical (unpaired) electrons. The average molecular weight is 424 g/mol. The summed E-state index contributed by atoms with van der Waals surface area (Å²) >= 11 is 0. The maximum absolute atomic E-state index is 0. The van der Waals surface area contributed by atoms with Crippen molar-refractivity contribution in [1.29, 1.82) is 0 Å². The van der Waals surface area contributed by atoms with Crippen molar-refractivity contribution in [3.05, 3.63) is 0 Å². The second-order valence-electron chi connectivity index (χ2n) is 0. The predicted molar refractivity (Wildman–Crippen MR) is 31.2 cm³/mol. The molecule has 0 aliphatic heterocycles. The molecule has 28 valence electrons. The number of rotatable bonds is 0. The van der Waals surface area contributed by atoms with Crippen molar-refractivity contribution in [2.45, 2.75) is 0 Å². The van der Waals surface area contributed by atoms with E-state index >= 15 is 0 Å². The molecule has 0 aromatic rings. The standard InChI is InChI=1S/Ga.Gd.GeH4.In.6H/h;;1H4;;;;;;;. The van der Waals surface area contributed by atoms with Crippen molar-refractivity contribution in [3.63, 3.8) is 0 Å². The molecule has 0 N–H and O–H groups in total. The van der Waals surface area contributed by atoms with Crippen molar-refractivity contribution in [3.8, 4) is 0 Å². The van der Waals surface area contributed by atoms with Crippen LogP contribution in [-0.4, -0.2) is 63.2 Å². The van der Waals surface area contributed by atoms with Crippen LogP contribution in [0.4, 0.5) is 0 Å². The molecule has 4 heavy (non-hydrogen) atoms. The zero-order valence-corrected chi connectivity index (χ0v) is 2.62. The molecule has 0 unspecified atom stereocenters. The molecule has 0 spiro atoms. The molecule has 0 saturated carbocycles. The van der Waals surface area contributed by atoms with Gasteiger partial charge in [0, 0.05) is 39.9 Å². The van der Waals surface area contributed by atoms with E-state index in [-0.39, 0.29) is 103 Å². The van der Waals surface area contributed by atoms with Crippen molar-refractivity contribution in [2.24, 2.45) is 0 Å². The quantitative estimate of drug-likeness (QED) is 0.350. The van der Waals surface area contributed by atoms with Gasteiger partial charge in [-0.2, -0.15) is 0 Å². The third-order valence-corrected chi connectivity index (χ3v) is 0. The SMILES string of the molecule is [GaH3].[Gd].[GeH4].[InH3]. The zero-order chi connectivity index (χ0) is 0. The molecule has 0 fully saturated rings. The molecule has 0 nitrogen and oxygen atoms in total. The van der Waals surface area contributed by atoms with E-state index in [1.165, 1.54) is 0 Å². The Morgan fingerprint density at radius 1 is 1.00 bits per heavy atom. The van der Waals surface area contributed by atoms with E-state index in [4.69, 9.17) is 0 Å². The predicted octanol–water partition coefficient (Wildman–Crippen LogP) is -3.82. The molecular weight excluding hydrogens is 414 g/mol. The Kier molecular flexibility index (Phi) is 106. The van der Waals surface area contributed by atoms with Crippen molar-refractivity contribution >= 4 is 63.2 Å². The van der Waals surface area contributed by atoms with Gasteiger partial charge in [0.15, 0.2) is 0 Å². The summed E-state index contributed by atoms with van der Waals surface area (Å²) in [6.45, 7) is 0. The van der Waals surface area contributed by atoms with Crippen LogP contribution in [-0.2, 0) is 0 Å². The van der Waals surface area contributed by atoms with Gasteiger partial charge in [-0.05, 0) is 0 Å². The molecular formula is H10GaGdGeIn. The summed E-state index contributed by atoms with van der Waals surface area (Å²) < 4.78 is 0. The van der Waals surface area contributed by atoms with E-state index in [9.17, 15) is 0 Å².